The SMILES string of the molecule is CC(=O)c1nc(C)c(Br)s1. The van der Waals surface area contributed by atoms with Gasteiger partial charge >= 0.3 is 0 Å². The van der Waals surface area contributed by atoms with E-state index in [0.29, 0.717) is 5.01 Å². The third kappa shape index (κ3) is 1.44. The first-order chi connectivity index (χ1) is 4.61. The van der Waals surface area contributed by atoms with Gasteiger partial charge in [-0.05, 0) is 22.9 Å². The Balaban J connectivity index is 3.10. The van der Waals surface area contributed by atoms with Crippen LogP contribution in [0.1, 0.15) is 22.4 Å². The lowest BCUT2D eigenvalue weighted by molar-refractivity contribution is 0.101. The molecule has 0 aliphatic rings. The molecule has 0 saturated carbocycles. The van der Waals surface area contributed by atoms with Gasteiger partial charge in [0.2, 0.25) is 0 Å². The Bertz CT molecular complexity index is 249. The molecular weight excluding hydrogens is 214 g/mol. The molecule has 0 saturated heterocycles. The third-order valence-electron chi connectivity index (χ3n) is 1.04. The van der Waals surface area contributed by atoms with E-state index >= 15 is 0 Å². The average molecular weight is 220 g/mol. The van der Waals surface area contributed by atoms with Gasteiger partial charge in [-0.25, -0.2) is 4.98 Å². The van der Waals surface area contributed by atoms with Gasteiger partial charge in [0.25, 0.3) is 0 Å². The Morgan fingerprint density at radius 2 is 2.30 bits per heavy atom. The number of thiazole rings is 1. The fourth-order valence-corrected chi connectivity index (χ4v) is 1.77. The van der Waals surface area contributed by atoms with Gasteiger partial charge in [0.1, 0.15) is 0 Å². The Hall–Kier alpha value is -0.220. The summed E-state index contributed by atoms with van der Waals surface area (Å²) in [6, 6.07) is 0. The molecule has 0 aromatic carbocycles. The Morgan fingerprint density at radius 1 is 1.70 bits per heavy atom. The van der Waals surface area contributed by atoms with Crippen LogP contribution in [0.4, 0.5) is 0 Å². The zero-order chi connectivity index (χ0) is 7.72. The predicted molar refractivity (Wildman–Crippen MR) is 44.6 cm³/mol. The summed E-state index contributed by atoms with van der Waals surface area (Å²) in [6.07, 6.45) is 0. The van der Waals surface area contributed by atoms with Crippen LogP contribution >= 0.6 is 27.3 Å². The number of rotatable bonds is 1. The molecule has 0 spiro atoms. The van der Waals surface area contributed by atoms with E-state index in [-0.39, 0.29) is 5.78 Å². The van der Waals surface area contributed by atoms with Crippen LogP contribution in [0, 0.1) is 6.92 Å². The molecule has 10 heavy (non-hydrogen) atoms. The highest BCUT2D eigenvalue weighted by atomic mass is 79.9. The molecule has 0 atom stereocenters. The van der Waals surface area contributed by atoms with E-state index < -0.39 is 0 Å². The largest absolute Gasteiger partial charge is 0.292 e. The minimum absolute atomic E-state index is 0.0267. The molecule has 0 N–H and O–H groups in total. The normalized spacial score (nSPS) is 9.90. The summed E-state index contributed by atoms with van der Waals surface area (Å²) >= 11 is 4.67. The zero-order valence-corrected chi connectivity index (χ0v) is 8.04. The third-order valence-corrected chi connectivity index (χ3v) is 3.15. The van der Waals surface area contributed by atoms with E-state index in [1.54, 1.807) is 0 Å². The van der Waals surface area contributed by atoms with Crippen molar-refractivity contribution in [3.8, 4) is 0 Å². The fourth-order valence-electron chi connectivity index (χ4n) is 0.528. The number of halogens is 1. The molecule has 1 rings (SSSR count). The van der Waals surface area contributed by atoms with Crippen LogP contribution in [-0.2, 0) is 0 Å². The van der Waals surface area contributed by atoms with Crippen molar-refractivity contribution in [2.24, 2.45) is 0 Å². The van der Waals surface area contributed by atoms with E-state index in [0.717, 1.165) is 9.48 Å². The first-order valence-corrected chi connectivity index (χ1v) is 4.36. The highest BCUT2D eigenvalue weighted by Crippen LogP contribution is 2.23. The summed E-state index contributed by atoms with van der Waals surface area (Å²) in [5.41, 5.74) is 0.884. The standard InChI is InChI=1S/C6H6BrNOS/c1-3-5(7)10-6(8-3)4(2)9/h1-2H3. The maximum absolute atomic E-state index is 10.7. The lowest BCUT2D eigenvalue weighted by Crippen LogP contribution is -1.88. The molecule has 1 aromatic rings. The van der Waals surface area contributed by atoms with Crippen LogP contribution < -0.4 is 0 Å². The second kappa shape index (κ2) is 2.80. The van der Waals surface area contributed by atoms with Crippen molar-refractivity contribution >= 4 is 33.0 Å². The number of nitrogens with zero attached hydrogens (tertiary/aromatic N) is 1. The van der Waals surface area contributed by atoms with Crippen molar-refractivity contribution < 1.29 is 4.79 Å². The van der Waals surface area contributed by atoms with E-state index in [9.17, 15) is 4.79 Å². The van der Waals surface area contributed by atoms with Gasteiger partial charge in [0, 0.05) is 6.92 Å². The molecule has 0 aliphatic heterocycles. The molecule has 54 valence electrons. The van der Waals surface area contributed by atoms with Crippen LogP contribution in [0.25, 0.3) is 0 Å². The van der Waals surface area contributed by atoms with Gasteiger partial charge in [-0.15, -0.1) is 11.3 Å². The van der Waals surface area contributed by atoms with Crippen LogP contribution in [0.5, 0.6) is 0 Å². The Labute approximate surface area is 71.4 Å². The van der Waals surface area contributed by atoms with Crippen molar-refractivity contribution in [1.29, 1.82) is 0 Å². The highest BCUT2D eigenvalue weighted by Gasteiger charge is 2.07. The van der Waals surface area contributed by atoms with Gasteiger partial charge in [-0.3, -0.25) is 4.79 Å². The average Bonchev–Trinajstić information content (AvgIpc) is 2.13. The summed E-state index contributed by atoms with van der Waals surface area (Å²) in [5.74, 6) is 0.0267. The monoisotopic (exact) mass is 219 g/mol. The van der Waals surface area contributed by atoms with Crippen molar-refractivity contribution in [1.82, 2.24) is 4.98 Å². The van der Waals surface area contributed by atoms with E-state index in [2.05, 4.69) is 20.9 Å². The first-order valence-electron chi connectivity index (χ1n) is 2.75. The van der Waals surface area contributed by atoms with E-state index in [1.165, 1.54) is 18.3 Å². The molecule has 2 nitrogen and oxygen atoms in total. The van der Waals surface area contributed by atoms with Gasteiger partial charge in [-0.2, -0.15) is 0 Å². The fraction of sp³-hybridized carbons (Fsp3) is 0.333. The molecule has 0 amide bonds. The summed E-state index contributed by atoms with van der Waals surface area (Å²) in [6.45, 7) is 3.39. The van der Waals surface area contributed by atoms with Gasteiger partial charge < -0.3 is 0 Å². The zero-order valence-electron chi connectivity index (χ0n) is 5.64. The summed E-state index contributed by atoms with van der Waals surface area (Å²) in [5, 5.41) is 0.573. The van der Waals surface area contributed by atoms with Gasteiger partial charge in [-0.1, -0.05) is 0 Å². The Kier molecular flexibility index (Phi) is 2.21. The number of Topliss-reactive ketones (excluding diaryl/α,β-unsaturated/α-hetero) is 1. The molecule has 4 heteroatoms. The maximum atomic E-state index is 10.7. The van der Waals surface area contributed by atoms with Crippen LogP contribution in [0.15, 0.2) is 3.79 Å². The lowest BCUT2D eigenvalue weighted by Gasteiger charge is -1.79. The molecule has 0 fully saturated rings. The maximum Gasteiger partial charge on any atom is 0.188 e. The number of carbonyl (C=O) groups is 1. The highest BCUT2D eigenvalue weighted by molar-refractivity contribution is 9.11. The number of aryl methyl sites for hydroxylation is 1. The number of aromatic nitrogens is 1. The van der Waals surface area contributed by atoms with Crippen LogP contribution in [0.2, 0.25) is 0 Å². The number of hydrogen-bond donors (Lipinski definition) is 0. The molecule has 0 radical (unpaired) electrons. The van der Waals surface area contributed by atoms with Crippen molar-refractivity contribution in [2.75, 3.05) is 0 Å². The topological polar surface area (TPSA) is 30.0 Å². The minimum Gasteiger partial charge on any atom is -0.292 e. The second-order valence-electron chi connectivity index (χ2n) is 1.93. The quantitative estimate of drug-likeness (QED) is 0.680. The molecular formula is C6H6BrNOS. The second-order valence-corrected chi connectivity index (χ2v) is 4.25. The molecule has 1 heterocycles. The van der Waals surface area contributed by atoms with Gasteiger partial charge in [0.05, 0.1) is 9.48 Å². The molecule has 0 aliphatic carbocycles. The molecule has 0 unspecified atom stereocenters. The summed E-state index contributed by atoms with van der Waals surface area (Å²) in [4.78, 5) is 14.8. The van der Waals surface area contributed by atoms with Crippen LogP contribution in [0.3, 0.4) is 0 Å². The number of ketones is 1. The van der Waals surface area contributed by atoms with Gasteiger partial charge in [0.15, 0.2) is 10.8 Å². The van der Waals surface area contributed by atoms with Crippen molar-refractivity contribution in [3.63, 3.8) is 0 Å². The molecule has 0 bridgehead atoms. The Morgan fingerprint density at radius 3 is 2.50 bits per heavy atom. The molecule has 1 aromatic heterocycles. The van der Waals surface area contributed by atoms with Crippen molar-refractivity contribution in [2.45, 2.75) is 13.8 Å². The van der Waals surface area contributed by atoms with E-state index in [4.69, 9.17) is 0 Å². The number of carbonyl (C=O) groups excluding carboxylic acids is 1. The lowest BCUT2D eigenvalue weighted by atomic mass is 10.5. The van der Waals surface area contributed by atoms with Crippen LogP contribution in [-0.4, -0.2) is 10.8 Å². The smallest absolute Gasteiger partial charge is 0.188 e. The number of hydrogen-bond acceptors (Lipinski definition) is 3. The minimum atomic E-state index is 0.0267. The van der Waals surface area contributed by atoms with E-state index in [1.807, 2.05) is 6.92 Å². The summed E-state index contributed by atoms with van der Waals surface area (Å²) < 4.78 is 0.942. The predicted octanol–water partition coefficient (Wildman–Crippen LogP) is 2.42. The van der Waals surface area contributed by atoms with Crippen molar-refractivity contribution in [3.05, 3.63) is 14.5 Å². The first kappa shape index (κ1) is 7.88. The summed E-state index contributed by atoms with van der Waals surface area (Å²) in [7, 11) is 0.